The van der Waals surface area contributed by atoms with E-state index in [2.05, 4.69) is 10.4 Å². The summed E-state index contributed by atoms with van der Waals surface area (Å²) in [6, 6.07) is 9.72. The monoisotopic (exact) mass is 447 g/mol. The molecule has 0 unspecified atom stereocenters. The highest BCUT2D eigenvalue weighted by Gasteiger charge is 2.22. The maximum atomic E-state index is 14.0. The van der Waals surface area contributed by atoms with Crippen molar-refractivity contribution in [3.8, 4) is 16.9 Å². The Labute approximate surface area is 182 Å². The molecule has 3 aromatic rings. The number of hydrogen-bond acceptors (Lipinski definition) is 4. The zero-order valence-corrected chi connectivity index (χ0v) is 17.5. The molecule has 1 atom stereocenters. The molecule has 0 aliphatic heterocycles. The number of halogens is 3. The number of hydrogen-bond donors (Lipinski definition) is 2. The first kappa shape index (κ1) is 22.6. The normalized spacial score (nSPS) is 12.1. The van der Waals surface area contributed by atoms with Crippen LogP contribution >= 0.6 is 11.6 Å². The largest absolute Gasteiger partial charge is 0.394 e. The van der Waals surface area contributed by atoms with Crippen LogP contribution in [-0.4, -0.2) is 33.4 Å². The van der Waals surface area contributed by atoms with Gasteiger partial charge in [0.25, 0.3) is 11.5 Å². The molecule has 0 saturated carbocycles. The molecular weight excluding hydrogens is 428 g/mol. The molecule has 162 valence electrons. The van der Waals surface area contributed by atoms with Crippen molar-refractivity contribution in [3.05, 3.63) is 81.1 Å². The fourth-order valence-corrected chi connectivity index (χ4v) is 3.02. The number of rotatable bonds is 6. The Hall–Kier alpha value is -3.10. The Bertz CT molecular complexity index is 1180. The Morgan fingerprint density at radius 3 is 2.55 bits per heavy atom. The molecule has 0 aliphatic carbocycles. The summed E-state index contributed by atoms with van der Waals surface area (Å²) in [5, 5.41) is 16.2. The van der Waals surface area contributed by atoms with Crippen LogP contribution in [0.4, 0.5) is 8.78 Å². The fraction of sp³-hybridized carbons (Fsp3) is 0.227. The van der Waals surface area contributed by atoms with Crippen LogP contribution in [0, 0.1) is 17.6 Å². The molecule has 1 aromatic heterocycles. The molecule has 31 heavy (non-hydrogen) atoms. The minimum atomic E-state index is -0.790. The molecule has 2 N–H and O–H groups in total. The molecule has 0 bridgehead atoms. The number of nitrogens with one attached hydrogen (secondary N) is 1. The number of benzene rings is 2. The van der Waals surface area contributed by atoms with Crippen molar-refractivity contribution in [1.29, 1.82) is 0 Å². The van der Waals surface area contributed by atoms with Gasteiger partial charge < -0.3 is 10.4 Å². The minimum Gasteiger partial charge on any atom is -0.394 e. The van der Waals surface area contributed by atoms with E-state index in [9.17, 15) is 23.5 Å². The van der Waals surface area contributed by atoms with E-state index in [1.54, 1.807) is 13.8 Å². The molecular formula is C22H20ClF2N3O3. The number of aliphatic hydroxyl groups is 1. The number of aliphatic hydroxyl groups excluding tert-OH is 1. The maximum absolute atomic E-state index is 14.0. The van der Waals surface area contributed by atoms with Gasteiger partial charge in [-0.15, -0.1) is 0 Å². The lowest BCUT2D eigenvalue weighted by Crippen LogP contribution is -2.43. The fourth-order valence-electron chi connectivity index (χ4n) is 2.91. The highest BCUT2D eigenvalue weighted by atomic mass is 35.5. The Balaban J connectivity index is 2.19. The van der Waals surface area contributed by atoms with E-state index in [1.807, 2.05) is 0 Å². The van der Waals surface area contributed by atoms with E-state index in [0.29, 0.717) is 0 Å². The molecule has 2 aromatic carbocycles. The Kier molecular flexibility index (Phi) is 6.82. The summed E-state index contributed by atoms with van der Waals surface area (Å²) < 4.78 is 28.6. The number of carbonyl (C=O) groups is 1. The van der Waals surface area contributed by atoms with Gasteiger partial charge in [0.15, 0.2) is 0 Å². The number of carbonyl (C=O) groups excluding carboxylic acids is 1. The summed E-state index contributed by atoms with van der Waals surface area (Å²) in [4.78, 5) is 25.9. The van der Waals surface area contributed by atoms with Crippen LogP contribution in [0.5, 0.6) is 0 Å². The maximum Gasteiger partial charge on any atom is 0.284 e. The van der Waals surface area contributed by atoms with Gasteiger partial charge in [-0.1, -0.05) is 37.6 Å². The van der Waals surface area contributed by atoms with Gasteiger partial charge >= 0.3 is 0 Å². The van der Waals surface area contributed by atoms with Gasteiger partial charge in [0, 0.05) is 5.56 Å². The van der Waals surface area contributed by atoms with Crippen LogP contribution in [0.2, 0.25) is 5.02 Å². The summed E-state index contributed by atoms with van der Waals surface area (Å²) >= 11 is 5.74. The van der Waals surface area contributed by atoms with Crippen LogP contribution < -0.4 is 10.9 Å². The standard InChI is InChI=1S/C22H20ClF2N3O3/c1-12(2)20(11-29)26-21(30)16-10-19(13-6-7-17(23)18(25)8-13)27-28(22(16)31)15-5-3-4-14(24)9-15/h3-10,12,20,29H,11H2,1-2H3,(H,26,30)/t20-/m1/s1. The lowest BCUT2D eigenvalue weighted by molar-refractivity contribution is 0.0894. The SMILES string of the molecule is CC(C)[C@@H](CO)NC(=O)c1cc(-c2ccc(Cl)c(F)c2)nn(-c2cccc(F)c2)c1=O. The number of aromatic nitrogens is 2. The van der Waals surface area contributed by atoms with Crippen molar-refractivity contribution >= 4 is 17.5 Å². The molecule has 3 rings (SSSR count). The first-order chi connectivity index (χ1) is 14.7. The highest BCUT2D eigenvalue weighted by Crippen LogP contribution is 2.23. The van der Waals surface area contributed by atoms with E-state index < -0.39 is 29.1 Å². The van der Waals surface area contributed by atoms with Gasteiger partial charge in [0.2, 0.25) is 0 Å². The number of amides is 1. The quantitative estimate of drug-likeness (QED) is 0.605. The second-order valence-electron chi connectivity index (χ2n) is 7.28. The molecule has 0 radical (unpaired) electrons. The second-order valence-corrected chi connectivity index (χ2v) is 7.68. The molecule has 0 spiro atoms. The average molecular weight is 448 g/mol. The lowest BCUT2D eigenvalue weighted by Gasteiger charge is -2.20. The van der Waals surface area contributed by atoms with Gasteiger partial charge in [-0.3, -0.25) is 9.59 Å². The third-order valence-corrected chi connectivity index (χ3v) is 5.05. The van der Waals surface area contributed by atoms with Crippen molar-refractivity contribution in [2.45, 2.75) is 19.9 Å². The third-order valence-electron chi connectivity index (χ3n) is 4.74. The zero-order chi connectivity index (χ0) is 22.7. The number of nitrogens with zero attached hydrogens (tertiary/aromatic N) is 2. The van der Waals surface area contributed by atoms with E-state index in [1.165, 1.54) is 36.4 Å². The van der Waals surface area contributed by atoms with E-state index in [0.717, 1.165) is 16.8 Å². The molecule has 1 amide bonds. The van der Waals surface area contributed by atoms with Crippen molar-refractivity contribution in [3.63, 3.8) is 0 Å². The van der Waals surface area contributed by atoms with E-state index in [-0.39, 0.29) is 40.1 Å². The van der Waals surface area contributed by atoms with Crippen LogP contribution in [0.3, 0.4) is 0 Å². The smallest absolute Gasteiger partial charge is 0.284 e. The predicted molar refractivity (Wildman–Crippen MR) is 113 cm³/mol. The topological polar surface area (TPSA) is 84.2 Å². The van der Waals surface area contributed by atoms with Crippen LogP contribution in [-0.2, 0) is 0 Å². The van der Waals surface area contributed by atoms with E-state index in [4.69, 9.17) is 11.6 Å². The van der Waals surface area contributed by atoms with Crippen molar-refractivity contribution < 1.29 is 18.7 Å². The third kappa shape index (κ3) is 4.98. The van der Waals surface area contributed by atoms with Gasteiger partial charge in [0.05, 0.1) is 29.1 Å². The second kappa shape index (κ2) is 9.36. The van der Waals surface area contributed by atoms with Crippen molar-refractivity contribution in [1.82, 2.24) is 15.1 Å². The van der Waals surface area contributed by atoms with Crippen LogP contribution in [0.15, 0.2) is 53.3 Å². The van der Waals surface area contributed by atoms with Crippen molar-refractivity contribution in [2.75, 3.05) is 6.61 Å². The molecule has 0 fully saturated rings. The summed E-state index contributed by atoms with van der Waals surface area (Å²) in [6.45, 7) is 3.29. The molecule has 0 aliphatic rings. The van der Waals surface area contributed by atoms with Crippen molar-refractivity contribution in [2.24, 2.45) is 5.92 Å². The van der Waals surface area contributed by atoms with Gasteiger partial charge in [0.1, 0.15) is 17.2 Å². The van der Waals surface area contributed by atoms with Crippen LogP contribution in [0.1, 0.15) is 24.2 Å². The highest BCUT2D eigenvalue weighted by molar-refractivity contribution is 6.30. The summed E-state index contributed by atoms with van der Waals surface area (Å²) in [5.41, 5.74) is -0.610. The van der Waals surface area contributed by atoms with Gasteiger partial charge in [-0.05, 0) is 42.3 Å². The zero-order valence-electron chi connectivity index (χ0n) is 16.8. The molecule has 9 heteroatoms. The molecule has 1 heterocycles. The summed E-state index contributed by atoms with van der Waals surface area (Å²) in [5.74, 6) is -2.12. The first-order valence-electron chi connectivity index (χ1n) is 9.48. The molecule has 0 saturated heterocycles. The van der Waals surface area contributed by atoms with Crippen LogP contribution in [0.25, 0.3) is 16.9 Å². The predicted octanol–water partition coefficient (Wildman–Crippen LogP) is 3.58. The Morgan fingerprint density at radius 2 is 1.94 bits per heavy atom. The van der Waals surface area contributed by atoms with Gasteiger partial charge in [-0.25, -0.2) is 8.78 Å². The summed E-state index contributed by atoms with van der Waals surface area (Å²) in [6.07, 6.45) is 0. The van der Waals surface area contributed by atoms with E-state index >= 15 is 0 Å². The first-order valence-corrected chi connectivity index (χ1v) is 9.86. The molecule has 6 nitrogen and oxygen atoms in total. The average Bonchev–Trinajstić information content (AvgIpc) is 2.73. The Morgan fingerprint density at radius 1 is 1.19 bits per heavy atom. The lowest BCUT2D eigenvalue weighted by atomic mass is 10.0. The van der Waals surface area contributed by atoms with Gasteiger partial charge in [-0.2, -0.15) is 9.78 Å². The summed E-state index contributed by atoms with van der Waals surface area (Å²) in [7, 11) is 0. The minimum absolute atomic E-state index is 0.0916.